The van der Waals surface area contributed by atoms with Gasteiger partial charge in [-0.3, -0.25) is 4.79 Å². The first-order valence-corrected chi connectivity index (χ1v) is 7.87. The van der Waals surface area contributed by atoms with Crippen LogP contribution in [0.15, 0.2) is 46.1 Å². The summed E-state index contributed by atoms with van der Waals surface area (Å²) in [6, 6.07) is 3.47. The van der Waals surface area contributed by atoms with Crippen LogP contribution in [0.3, 0.4) is 0 Å². The third-order valence-electron chi connectivity index (χ3n) is 2.87. The van der Waals surface area contributed by atoms with Gasteiger partial charge in [-0.2, -0.15) is 4.72 Å². The van der Waals surface area contributed by atoms with Gasteiger partial charge in [0, 0.05) is 17.0 Å². The summed E-state index contributed by atoms with van der Waals surface area (Å²) in [5.41, 5.74) is -0.0774. The van der Waals surface area contributed by atoms with Gasteiger partial charge in [0.1, 0.15) is 23.0 Å². The molecule has 1 aromatic carbocycles. The molecule has 0 fully saturated rings. The van der Waals surface area contributed by atoms with E-state index in [1.807, 2.05) is 4.72 Å². The second-order valence-electron chi connectivity index (χ2n) is 4.38. The highest BCUT2D eigenvalue weighted by molar-refractivity contribution is 7.89. The quantitative estimate of drug-likeness (QED) is 0.833. The van der Waals surface area contributed by atoms with Crippen molar-refractivity contribution in [2.75, 3.05) is 0 Å². The van der Waals surface area contributed by atoms with Crippen LogP contribution in [-0.4, -0.2) is 25.5 Å². The van der Waals surface area contributed by atoms with Crippen molar-refractivity contribution in [2.45, 2.75) is 17.4 Å². The van der Waals surface area contributed by atoms with Crippen LogP contribution in [0, 0.1) is 5.82 Å². The van der Waals surface area contributed by atoms with Gasteiger partial charge in [-0.05, 0) is 18.2 Å². The fourth-order valence-corrected chi connectivity index (χ4v) is 3.12. The van der Waals surface area contributed by atoms with E-state index in [0.29, 0.717) is 0 Å². The summed E-state index contributed by atoms with van der Waals surface area (Å²) in [6.07, 6.45) is 1.66. The topological polar surface area (TPSA) is 96.6 Å². The lowest BCUT2D eigenvalue weighted by Gasteiger charge is -2.15. The number of furan rings is 1. The van der Waals surface area contributed by atoms with Gasteiger partial charge < -0.3 is 9.52 Å². The van der Waals surface area contributed by atoms with E-state index in [9.17, 15) is 17.6 Å². The number of rotatable bonds is 6. The number of halogens is 2. The number of sulfonamides is 1. The van der Waals surface area contributed by atoms with Gasteiger partial charge >= 0.3 is 5.97 Å². The summed E-state index contributed by atoms with van der Waals surface area (Å²) in [4.78, 5) is 11.0. The summed E-state index contributed by atoms with van der Waals surface area (Å²) in [6.45, 7) is 0. The van der Waals surface area contributed by atoms with Crippen molar-refractivity contribution in [3.8, 4) is 0 Å². The second kappa shape index (κ2) is 6.47. The smallest absolute Gasteiger partial charge is 0.322 e. The van der Waals surface area contributed by atoms with Crippen LogP contribution >= 0.6 is 11.6 Å². The Kier molecular flexibility index (Phi) is 4.84. The molecule has 2 rings (SSSR count). The molecule has 0 saturated carbocycles. The lowest BCUT2D eigenvalue weighted by Crippen LogP contribution is -2.42. The number of carbonyl (C=O) groups is 1. The fraction of sp³-hybridized carbons (Fsp3) is 0.154. The maximum atomic E-state index is 13.7. The maximum absolute atomic E-state index is 13.7. The number of benzene rings is 1. The molecule has 0 amide bonds. The van der Waals surface area contributed by atoms with E-state index in [-0.39, 0.29) is 15.5 Å². The molecule has 0 bridgehead atoms. The van der Waals surface area contributed by atoms with E-state index in [2.05, 4.69) is 4.42 Å². The summed E-state index contributed by atoms with van der Waals surface area (Å²) < 4.78 is 44.4. The van der Waals surface area contributed by atoms with Crippen molar-refractivity contribution in [3.63, 3.8) is 0 Å². The van der Waals surface area contributed by atoms with Gasteiger partial charge in [0.15, 0.2) is 0 Å². The third kappa shape index (κ3) is 3.65. The monoisotopic (exact) mass is 347 g/mol. The SMILES string of the molecule is O=C(O)C(Cc1c(F)cccc1Cl)NS(=O)(=O)c1ccoc1. The summed E-state index contributed by atoms with van der Waals surface area (Å²) in [5.74, 6) is -2.16. The standard InChI is InChI=1S/C13H11ClFNO5S/c14-10-2-1-3-11(15)9(10)6-12(13(17)18)16-22(19,20)8-4-5-21-7-8/h1-5,7,12,16H,6H2,(H,17,18). The van der Waals surface area contributed by atoms with E-state index in [1.54, 1.807) is 0 Å². The molecule has 0 aliphatic rings. The number of hydrogen-bond acceptors (Lipinski definition) is 4. The Hall–Kier alpha value is -1.90. The fourth-order valence-electron chi connectivity index (χ4n) is 1.77. The molecule has 2 aromatic rings. The Morgan fingerprint density at radius 3 is 2.68 bits per heavy atom. The number of carboxylic acid groups (broad SMARTS) is 1. The predicted octanol–water partition coefficient (Wildman–Crippen LogP) is 2.05. The molecule has 9 heteroatoms. The zero-order valence-corrected chi connectivity index (χ0v) is 12.6. The van der Waals surface area contributed by atoms with Crippen LogP contribution in [0.4, 0.5) is 4.39 Å². The number of hydrogen-bond donors (Lipinski definition) is 2. The number of carboxylic acids is 1. The van der Waals surface area contributed by atoms with E-state index < -0.39 is 34.3 Å². The van der Waals surface area contributed by atoms with E-state index >= 15 is 0 Å². The predicted molar refractivity (Wildman–Crippen MR) is 75.6 cm³/mol. The maximum Gasteiger partial charge on any atom is 0.322 e. The molecular formula is C13H11ClFNO5S. The molecule has 1 aromatic heterocycles. The van der Waals surface area contributed by atoms with E-state index in [1.165, 1.54) is 12.1 Å². The molecule has 0 saturated heterocycles. The normalized spacial score (nSPS) is 13.0. The highest BCUT2D eigenvalue weighted by atomic mass is 35.5. The molecule has 1 unspecified atom stereocenters. The zero-order chi connectivity index (χ0) is 16.3. The van der Waals surface area contributed by atoms with Crippen LogP contribution in [-0.2, 0) is 21.2 Å². The minimum Gasteiger partial charge on any atom is -0.480 e. The molecule has 1 atom stereocenters. The lowest BCUT2D eigenvalue weighted by molar-refractivity contribution is -0.138. The Labute approximate surface area is 130 Å². The molecule has 2 N–H and O–H groups in total. The molecule has 6 nitrogen and oxygen atoms in total. The molecule has 0 spiro atoms. The first-order valence-electron chi connectivity index (χ1n) is 6.01. The molecule has 118 valence electrons. The van der Waals surface area contributed by atoms with E-state index in [4.69, 9.17) is 16.7 Å². The van der Waals surface area contributed by atoms with Gasteiger partial charge in [0.05, 0.1) is 6.26 Å². The highest BCUT2D eigenvalue weighted by Gasteiger charge is 2.28. The number of aliphatic carboxylic acids is 1. The van der Waals surface area contributed by atoms with Crippen molar-refractivity contribution < 1.29 is 27.1 Å². The van der Waals surface area contributed by atoms with Gasteiger partial charge in [0.25, 0.3) is 0 Å². The summed E-state index contributed by atoms with van der Waals surface area (Å²) in [7, 11) is -4.10. The minimum atomic E-state index is -4.10. The van der Waals surface area contributed by atoms with Crippen molar-refractivity contribution in [1.29, 1.82) is 0 Å². The third-order valence-corrected chi connectivity index (χ3v) is 4.67. The van der Waals surface area contributed by atoms with Crippen LogP contribution in [0.25, 0.3) is 0 Å². The average molecular weight is 348 g/mol. The Morgan fingerprint density at radius 2 is 2.14 bits per heavy atom. The van der Waals surface area contributed by atoms with Crippen molar-refractivity contribution in [2.24, 2.45) is 0 Å². The minimum absolute atomic E-state index is 0.0220. The zero-order valence-electron chi connectivity index (χ0n) is 11.0. The highest BCUT2D eigenvalue weighted by Crippen LogP contribution is 2.21. The van der Waals surface area contributed by atoms with Gasteiger partial charge in [-0.15, -0.1) is 0 Å². The molecule has 22 heavy (non-hydrogen) atoms. The van der Waals surface area contributed by atoms with Crippen molar-refractivity contribution in [3.05, 3.63) is 53.2 Å². The van der Waals surface area contributed by atoms with Crippen molar-refractivity contribution in [1.82, 2.24) is 4.72 Å². The van der Waals surface area contributed by atoms with Gasteiger partial charge in [-0.25, -0.2) is 12.8 Å². The Morgan fingerprint density at radius 1 is 1.41 bits per heavy atom. The molecule has 0 aliphatic heterocycles. The largest absolute Gasteiger partial charge is 0.480 e. The molecule has 0 aliphatic carbocycles. The van der Waals surface area contributed by atoms with Crippen LogP contribution in [0.5, 0.6) is 0 Å². The summed E-state index contributed by atoms with van der Waals surface area (Å²) >= 11 is 5.82. The van der Waals surface area contributed by atoms with Gasteiger partial charge in [-0.1, -0.05) is 17.7 Å². The Bertz CT molecular complexity index is 755. The first-order chi connectivity index (χ1) is 10.3. The van der Waals surface area contributed by atoms with Crippen LogP contribution in [0.1, 0.15) is 5.56 Å². The average Bonchev–Trinajstić information content (AvgIpc) is 2.96. The molecule has 1 heterocycles. The molecular weight excluding hydrogens is 337 g/mol. The van der Waals surface area contributed by atoms with Gasteiger partial charge in [0.2, 0.25) is 10.0 Å². The number of nitrogens with one attached hydrogen (secondary N) is 1. The van der Waals surface area contributed by atoms with Crippen LogP contribution in [0.2, 0.25) is 5.02 Å². The van der Waals surface area contributed by atoms with Crippen LogP contribution < -0.4 is 4.72 Å². The molecule has 0 radical (unpaired) electrons. The van der Waals surface area contributed by atoms with E-state index in [0.717, 1.165) is 24.7 Å². The Balaban J connectivity index is 2.27. The van der Waals surface area contributed by atoms with Crippen molar-refractivity contribution >= 4 is 27.6 Å². The summed E-state index contributed by atoms with van der Waals surface area (Å²) in [5, 5.41) is 9.18. The first kappa shape index (κ1) is 16.5. The lowest BCUT2D eigenvalue weighted by atomic mass is 10.1. The second-order valence-corrected chi connectivity index (χ2v) is 6.50.